The van der Waals surface area contributed by atoms with E-state index in [9.17, 15) is 13.2 Å². The quantitative estimate of drug-likeness (QED) is 0.589. The van der Waals surface area contributed by atoms with Crippen LogP contribution in [0.3, 0.4) is 0 Å². The fourth-order valence-electron chi connectivity index (χ4n) is 3.67. The number of amides is 1. The van der Waals surface area contributed by atoms with Crippen LogP contribution in [0, 0.1) is 0 Å². The van der Waals surface area contributed by atoms with Gasteiger partial charge in [0.1, 0.15) is 11.5 Å². The first kappa shape index (κ1) is 21.7. The van der Waals surface area contributed by atoms with Gasteiger partial charge in [-0.3, -0.25) is 9.10 Å². The topological polar surface area (TPSA) is 84.9 Å². The molecule has 0 fully saturated rings. The molecule has 1 heterocycles. The summed E-state index contributed by atoms with van der Waals surface area (Å²) in [5.74, 6) is 0.601. The number of nitrogens with one attached hydrogen (secondary N) is 1. The zero-order chi connectivity index (χ0) is 22.6. The van der Waals surface area contributed by atoms with Gasteiger partial charge < -0.3 is 14.8 Å². The highest BCUT2D eigenvalue weighted by molar-refractivity contribution is 7.92. The summed E-state index contributed by atoms with van der Waals surface area (Å²) in [4.78, 5) is 12.4. The number of fused-ring (bicyclic) bond motifs is 1. The molecule has 32 heavy (non-hydrogen) atoms. The summed E-state index contributed by atoms with van der Waals surface area (Å²) >= 11 is 0. The van der Waals surface area contributed by atoms with Crippen LogP contribution >= 0.6 is 0 Å². The smallest absolute Gasteiger partial charge is 0.264 e. The van der Waals surface area contributed by atoms with E-state index >= 15 is 0 Å². The molecule has 0 bridgehead atoms. The van der Waals surface area contributed by atoms with Gasteiger partial charge in [-0.25, -0.2) is 8.42 Å². The molecule has 166 valence electrons. The monoisotopic (exact) mass is 452 g/mol. The molecule has 3 aromatic rings. The maximum absolute atomic E-state index is 13.2. The van der Waals surface area contributed by atoms with E-state index in [4.69, 9.17) is 9.47 Å². The lowest BCUT2D eigenvalue weighted by Crippen LogP contribution is -2.35. The molecular weight excluding hydrogens is 428 g/mol. The Labute approximate surface area is 187 Å². The highest BCUT2D eigenvalue weighted by atomic mass is 32.2. The number of nitrogens with zero attached hydrogens (tertiary/aromatic N) is 1. The second-order valence-electron chi connectivity index (χ2n) is 7.32. The van der Waals surface area contributed by atoms with Gasteiger partial charge in [0.2, 0.25) is 0 Å². The SMILES string of the molecule is COc1ccccc1NC(=O)COc1ccc(S(=O)(=O)N2CCCc3ccccc32)cc1. The molecule has 3 aromatic carbocycles. The largest absolute Gasteiger partial charge is 0.495 e. The Morgan fingerprint density at radius 2 is 1.72 bits per heavy atom. The molecule has 0 aliphatic carbocycles. The van der Waals surface area contributed by atoms with E-state index in [-0.39, 0.29) is 17.4 Å². The predicted molar refractivity (Wildman–Crippen MR) is 123 cm³/mol. The van der Waals surface area contributed by atoms with Gasteiger partial charge in [-0.05, 0) is 60.9 Å². The second-order valence-corrected chi connectivity index (χ2v) is 9.18. The van der Waals surface area contributed by atoms with Crippen LogP contribution in [-0.2, 0) is 21.2 Å². The third kappa shape index (κ3) is 4.55. The molecule has 1 amide bonds. The Morgan fingerprint density at radius 3 is 2.50 bits per heavy atom. The van der Waals surface area contributed by atoms with Crippen molar-refractivity contribution in [1.82, 2.24) is 0 Å². The average molecular weight is 453 g/mol. The highest BCUT2D eigenvalue weighted by Crippen LogP contribution is 2.32. The maximum Gasteiger partial charge on any atom is 0.264 e. The standard InChI is InChI=1S/C24H24N2O5S/c1-30-23-11-5-3-9-21(23)25-24(27)17-31-19-12-14-20(15-13-19)32(28,29)26-16-6-8-18-7-2-4-10-22(18)26/h2-5,7,9-15H,6,8,16-17H2,1H3,(H,25,27). The number of anilines is 2. The Balaban J connectivity index is 1.42. The summed E-state index contributed by atoms with van der Waals surface area (Å²) in [6.07, 6.45) is 1.64. The van der Waals surface area contributed by atoms with Crippen LogP contribution in [0.4, 0.5) is 11.4 Å². The number of hydrogen-bond donors (Lipinski definition) is 1. The van der Waals surface area contributed by atoms with Crippen molar-refractivity contribution in [1.29, 1.82) is 0 Å². The summed E-state index contributed by atoms with van der Waals surface area (Å²) in [6, 6.07) is 20.8. The van der Waals surface area contributed by atoms with E-state index in [1.165, 1.54) is 23.5 Å². The van der Waals surface area contributed by atoms with Gasteiger partial charge in [-0.15, -0.1) is 0 Å². The number of sulfonamides is 1. The molecule has 0 saturated heterocycles. The molecule has 1 aliphatic rings. The third-order valence-corrected chi connectivity index (χ3v) is 7.06. The second kappa shape index (κ2) is 9.32. The number of carbonyl (C=O) groups excluding carboxylic acids is 1. The lowest BCUT2D eigenvalue weighted by molar-refractivity contribution is -0.118. The summed E-state index contributed by atoms with van der Waals surface area (Å²) in [5, 5.41) is 2.73. The number of aryl methyl sites for hydroxylation is 1. The molecular formula is C24H24N2O5S. The Morgan fingerprint density at radius 1 is 1.00 bits per heavy atom. The van der Waals surface area contributed by atoms with Crippen LogP contribution in [0.15, 0.2) is 77.7 Å². The van der Waals surface area contributed by atoms with Crippen LogP contribution in [-0.4, -0.2) is 34.6 Å². The third-order valence-electron chi connectivity index (χ3n) is 5.23. The summed E-state index contributed by atoms with van der Waals surface area (Å²) in [5.41, 5.74) is 2.31. The fourth-order valence-corrected chi connectivity index (χ4v) is 5.21. The van der Waals surface area contributed by atoms with Crippen LogP contribution in [0.1, 0.15) is 12.0 Å². The van der Waals surface area contributed by atoms with Gasteiger partial charge in [0.25, 0.3) is 15.9 Å². The van der Waals surface area contributed by atoms with E-state index in [1.54, 1.807) is 30.3 Å². The van der Waals surface area contributed by atoms with Crippen molar-refractivity contribution < 1.29 is 22.7 Å². The van der Waals surface area contributed by atoms with E-state index in [1.807, 2.05) is 30.3 Å². The molecule has 0 radical (unpaired) electrons. The van der Waals surface area contributed by atoms with Gasteiger partial charge in [-0.1, -0.05) is 30.3 Å². The van der Waals surface area contributed by atoms with Gasteiger partial charge in [0, 0.05) is 6.54 Å². The first-order chi connectivity index (χ1) is 15.5. The van der Waals surface area contributed by atoms with Crippen molar-refractivity contribution in [2.45, 2.75) is 17.7 Å². The maximum atomic E-state index is 13.2. The van der Waals surface area contributed by atoms with Crippen molar-refractivity contribution in [2.75, 3.05) is 29.9 Å². The minimum atomic E-state index is -3.69. The Kier molecular flexibility index (Phi) is 6.32. The van der Waals surface area contributed by atoms with Crippen molar-refractivity contribution in [3.8, 4) is 11.5 Å². The van der Waals surface area contributed by atoms with Crippen molar-refractivity contribution in [3.05, 3.63) is 78.4 Å². The van der Waals surface area contributed by atoms with Crippen LogP contribution in [0.25, 0.3) is 0 Å². The minimum Gasteiger partial charge on any atom is -0.495 e. The molecule has 8 heteroatoms. The van der Waals surface area contributed by atoms with E-state index in [0.717, 1.165) is 24.1 Å². The number of para-hydroxylation sites is 3. The molecule has 7 nitrogen and oxygen atoms in total. The van der Waals surface area contributed by atoms with E-state index in [0.29, 0.717) is 23.7 Å². The molecule has 1 N–H and O–H groups in total. The van der Waals surface area contributed by atoms with Gasteiger partial charge in [0.15, 0.2) is 6.61 Å². The molecule has 1 aliphatic heterocycles. The average Bonchev–Trinajstić information content (AvgIpc) is 2.83. The summed E-state index contributed by atoms with van der Waals surface area (Å²) in [6.45, 7) is 0.227. The molecule has 0 aromatic heterocycles. The Bertz CT molecular complexity index is 1210. The van der Waals surface area contributed by atoms with Gasteiger partial charge >= 0.3 is 0 Å². The zero-order valence-electron chi connectivity index (χ0n) is 17.7. The number of carbonyl (C=O) groups is 1. The number of rotatable bonds is 7. The normalized spacial score (nSPS) is 13.2. The van der Waals surface area contributed by atoms with Crippen LogP contribution in [0.2, 0.25) is 0 Å². The molecule has 0 atom stereocenters. The van der Waals surface area contributed by atoms with Gasteiger partial charge in [-0.2, -0.15) is 0 Å². The fraction of sp³-hybridized carbons (Fsp3) is 0.208. The Hall–Kier alpha value is -3.52. The van der Waals surface area contributed by atoms with Crippen LogP contribution in [0.5, 0.6) is 11.5 Å². The molecule has 0 saturated carbocycles. The minimum absolute atomic E-state index is 0.181. The number of benzene rings is 3. The van der Waals surface area contributed by atoms with E-state index < -0.39 is 10.0 Å². The van der Waals surface area contributed by atoms with Crippen molar-refractivity contribution in [3.63, 3.8) is 0 Å². The first-order valence-electron chi connectivity index (χ1n) is 10.3. The predicted octanol–water partition coefficient (Wildman–Crippen LogP) is 3.85. The van der Waals surface area contributed by atoms with Crippen molar-refractivity contribution >= 4 is 27.3 Å². The van der Waals surface area contributed by atoms with Gasteiger partial charge in [0.05, 0.1) is 23.4 Å². The number of hydrogen-bond acceptors (Lipinski definition) is 5. The molecule has 0 spiro atoms. The summed E-state index contributed by atoms with van der Waals surface area (Å²) < 4.78 is 38.6. The molecule has 0 unspecified atom stereocenters. The molecule has 4 rings (SSSR count). The lowest BCUT2D eigenvalue weighted by Gasteiger charge is -2.30. The zero-order valence-corrected chi connectivity index (χ0v) is 18.5. The highest BCUT2D eigenvalue weighted by Gasteiger charge is 2.28. The summed E-state index contributed by atoms with van der Waals surface area (Å²) in [7, 11) is -2.16. The number of ether oxygens (including phenoxy) is 2. The first-order valence-corrected chi connectivity index (χ1v) is 11.7. The van der Waals surface area contributed by atoms with Crippen LogP contribution < -0.4 is 19.1 Å². The van der Waals surface area contributed by atoms with Crippen molar-refractivity contribution in [2.24, 2.45) is 0 Å². The lowest BCUT2D eigenvalue weighted by atomic mass is 10.0. The van der Waals surface area contributed by atoms with E-state index in [2.05, 4.69) is 5.32 Å². The number of methoxy groups -OCH3 is 1.